The maximum Gasteiger partial charge on any atom is 0.254 e. The molecule has 0 unspecified atom stereocenters. The number of benzene rings is 1. The van der Waals surface area contributed by atoms with Crippen LogP contribution >= 0.6 is 0 Å². The van der Waals surface area contributed by atoms with Crippen molar-refractivity contribution < 1.29 is 14.0 Å². The van der Waals surface area contributed by atoms with Crippen LogP contribution in [0.1, 0.15) is 56.3 Å². The van der Waals surface area contributed by atoms with Crippen molar-refractivity contribution >= 4 is 11.8 Å². The second kappa shape index (κ2) is 9.50. The van der Waals surface area contributed by atoms with Gasteiger partial charge in [0.05, 0.1) is 6.04 Å². The molecule has 2 amide bonds. The normalized spacial score (nSPS) is 20.8. The van der Waals surface area contributed by atoms with E-state index < -0.39 is 5.82 Å². The van der Waals surface area contributed by atoms with Crippen LogP contribution in [0.5, 0.6) is 0 Å². The maximum atomic E-state index is 13.4. The molecule has 154 valence electrons. The lowest BCUT2D eigenvalue weighted by molar-refractivity contribution is -0.129. The molecule has 0 spiro atoms. The summed E-state index contributed by atoms with van der Waals surface area (Å²) in [5.41, 5.74) is 0.385. The van der Waals surface area contributed by atoms with Crippen molar-refractivity contribution in [3.63, 3.8) is 0 Å². The van der Waals surface area contributed by atoms with E-state index in [-0.39, 0.29) is 23.9 Å². The molecule has 5 nitrogen and oxygen atoms in total. The molecule has 2 fully saturated rings. The highest BCUT2D eigenvalue weighted by molar-refractivity contribution is 5.94. The number of carbonyl (C=O) groups is 2. The first-order valence-electron chi connectivity index (χ1n) is 10.6. The molecule has 1 heterocycles. The Morgan fingerprint density at radius 3 is 2.46 bits per heavy atom. The lowest BCUT2D eigenvalue weighted by atomic mass is 9.94. The molecular formula is C22H32FN3O2. The molecule has 1 aliphatic carbocycles. The molecule has 0 bridgehead atoms. The third-order valence-electron chi connectivity index (χ3n) is 6.18. The number of piperazine rings is 1. The van der Waals surface area contributed by atoms with Crippen LogP contribution in [-0.2, 0) is 4.79 Å². The van der Waals surface area contributed by atoms with E-state index in [1.165, 1.54) is 25.0 Å². The van der Waals surface area contributed by atoms with Crippen molar-refractivity contribution in [1.82, 2.24) is 15.1 Å². The quantitative estimate of drug-likeness (QED) is 0.814. The van der Waals surface area contributed by atoms with Gasteiger partial charge < -0.3 is 10.2 Å². The van der Waals surface area contributed by atoms with E-state index in [0.717, 1.165) is 19.3 Å². The van der Waals surface area contributed by atoms with Gasteiger partial charge in [-0.1, -0.05) is 25.8 Å². The molecule has 3 rings (SSSR count). The average molecular weight is 390 g/mol. The number of hydrogen-bond donors (Lipinski definition) is 1. The van der Waals surface area contributed by atoms with Crippen LogP contribution in [-0.4, -0.2) is 59.9 Å². The monoisotopic (exact) mass is 389 g/mol. The molecule has 28 heavy (non-hydrogen) atoms. The van der Waals surface area contributed by atoms with Gasteiger partial charge in [0, 0.05) is 37.8 Å². The Kier molecular flexibility index (Phi) is 7.05. The van der Waals surface area contributed by atoms with Gasteiger partial charge in [-0.05, 0) is 50.3 Å². The van der Waals surface area contributed by atoms with Crippen molar-refractivity contribution in [2.75, 3.05) is 26.2 Å². The van der Waals surface area contributed by atoms with Gasteiger partial charge in [0.1, 0.15) is 5.82 Å². The summed E-state index contributed by atoms with van der Waals surface area (Å²) in [6, 6.07) is 5.91. The minimum atomic E-state index is -0.396. The summed E-state index contributed by atoms with van der Waals surface area (Å²) in [6.07, 6.45) is 5.49. The van der Waals surface area contributed by atoms with Crippen LogP contribution in [0.25, 0.3) is 0 Å². The summed E-state index contributed by atoms with van der Waals surface area (Å²) in [6.45, 7) is 6.60. The third kappa shape index (κ3) is 4.90. The Morgan fingerprint density at radius 1 is 1.18 bits per heavy atom. The second-order valence-electron chi connectivity index (χ2n) is 8.15. The number of amides is 2. The molecule has 2 aliphatic rings. The average Bonchev–Trinajstić information content (AvgIpc) is 3.22. The molecular weight excluding hydrogens is 357 g/mol. The van der Waals surface area contributed by atoms with E-state index in [1.807, 2.05) is 6.92 Å². The fraction of sp³-hybridized carbons (Fsp3) is 0.636. The van der Waals surface area contributed by atoms with Gasteiger partial charge in [-0.2, -0.15) is 0 Å². The van der Waals surface area contributed by atoms with Crippen molar-refractivity contribution in [3.05, 3.63) is 35.6 Å². The molecule has 1 saturated heterocycles. The lowest BCUT2D eigenvalue weighted by Crippen LogP contribution is -2.58. The SMILES string of the molecule is CC[C@@H](C)NC(=O)[C@@H](C1CCCC1)N1CCN(C(=O)c2cccc(F)c2)CC1. The van der Waals surface area contributed by atoms with Crippen molar-refractivity contribution in [1.29, 1.82) is 0 Å². The molecule has 0 radical (unpaired) electrons. The summed E-state index contributed by atoms with van der Waals surface area (Å²) < 4.78 is 13.4. The molecule has 1 aromatic rings. The number of nitrogens with zero attached hydrogens (tertiary/aromatic N) is 2. The van der Waals surface area contributed by atoms with E-state index in [2.05, 4.69) is 17.1 Å². The van der Waals surface area contributed by atoms with E-state index in [1.54, 1.807) is 17.0 Å². The van der Waals surface area contributed by atoms with Gasteiger partial charge in [-0.3, -0.25) is 14.5 Å². The highest BCUT2D eigenvalue weighted by atomic mass is 19.1. The smallest absolute Gasteiger partial charge is 0.254 e. The van der Waals surface area contributed by atoms with E-state index in [4.69, 9.17) is 0 Å². The van der Waals surface area contributed by atoms with Crippen LogP contribution in [0, 0.1) is 11.7 Å². The summed E-state index contributed by atoms with van der Waals surface area (Å²) in [5, 5.41) is 3.17. The summed E-state index contributed by atoms with van der Waals surface area (Å²) in [7, 11) is 0. The topological polar surface area (TPSA) is 52.7 Å². The Labute approximate surface area is 167 Å². The van der Waals surface area contributed by atoms with Crippen LogP contribution in [0.15, 0.2) is 24.3 Å². The van der Waals surface area contributed by atoms with Crippen LogP contribution < -0.4 is 5.32 Å². The Balaban J connectivity index is 1.64. The molecule has 1 aliphatic heterocycles. The largest absolute Gasteiger partial charge is 0.352 e. The predicted octanol–water partition coefficient (Wildman–Crippen LogP) is 3.06. The zero-order chi connectivity index (χ0) is 20.1. The van der Waals surface area contributed by atoms with E-state index in [0.29, 0.717) is 37.7 Å². The molecule has 1 saturated carbocycles. The number of nitrogens with one attached hydrogen (secondary N) is 1. The Morgan fingerprint density at radius 2 is 1.86 bits per heavy atom. The summed E-state index contributed by atoms with van der Waals surface area (Å²) in [4.78, 5) is 29.7. The number of rotatable bonds is 6. The number of hydrogen-bond acceptors (Lipinski definition) is 3. The van der Waals surface area contributed by atoms with Gasteiger partial charge in [0.15, 0.2) is 0 Å². The zero-order valence-corrected chi connectivity index (χ0v) is 17.0. The minimum Gasteiger partial charge on any atom is -0.352 e. The third-order valence-corrected chi connectivity index (χ3v) is 6.18. The summed E-state index contributed by atoms with van der Waals surface area (Å²) in [5.74, 6) is -0.00574. The highest BCUT2D eigenvalue weighted by Crippen LogP contribution is 2.31. The van der Waals surface area contributed by atoms with E-state index in [9.17, 15) is 14.0 Å². The first-order valence-corrected chi connectivity index (χ1v) is 10.6. The van der Waals surface area contributed by atoms with Crippen LogP contribution in [0.2, 0.25) is 0 Å². The number of halogens is 1. The van der Waals surface area contributed by atoms with Gasteiger partial charge in [0.2, 0.25) is 5.91 Å². The first-order chi connectivity index (χ1) is 13.5. The van der Waals surface area contributed by atoms with Crippen LogP contribution in [0.4, 0.5) is 4.39 Å². The zero-order valence-electron chi connectivity index (χ0n) is 17.0. The fourth-order valence-corrected chi connectivity index (χ4v) is 4.39. The fourth-order valence-electron chi connectivity index (χ4n) is 4.39. The van der Waals surface area contributed by atoms with Crippen molar-refractivity contribution in [3.8, 4) is 0 Å². The Hall–Kier alpha value is -1.95. The molecule has 1 aromatic carbocycles. The Bertz CT molecular complexity index is 682. The lowest BCUT2D eigenvalue weighted by Gasteiger charge is -2.41. The maximum absolute atomic E-state index is 13.4. The highest BCUT2D eigenvalue weighted by Gasteiger charge is 2.37. The molecule has 0 aromatic heterocycles. The number of carbonyl (C=O) groups excluding carboxylic acids is 2. The standard InChI is InChI=1S/C22H32FN3O2/c1-3-16(2)24-21(27)20(17-7-4-5-8-17)25-11-13-26(14-12-25)22(28)18-9-6-10-19(23)15-18/h6,9-10,15-17,20H,3-5,7-8,11-14H2,1-2H3,(H,24,27)/t16-,20-/m1/s1. The molecule has 6 heteroatoms. The van der Waals surface area contributed by atoms with Gasteiger partial charge in [-0.15, -0.1) is 0 Å². The van der Waals surface area contributed by atoms with Crippen molar-refractivity contribution in [2.45, 2.75) is 58.0 Å². The van der Waals surface area contributed by atoms with Gasteiger partial charge >= 0.3 is 0 Å². The first kappa shape index (κ1) is 20.8. The predicted molar refractivity (Wildman–Crippen MR) is 108 cm³/mol. The van der Waals surface area contributed by atoms with Gasteiger partial charge in [-0.25, -0.2) is 4.39 Å². The van der Waals surface area contributed by atoms with Crippen molar-refractivity contribution in [2.24, 2.45) is 5.92 Å². The summed E-state index contributed by atoms with van der Waals surface area (Å²) >= 11 is 0. The van der Waals surface area contributed by atoms with E-state index >= 15 is 0 Å². The second-order valence-corrected chi connectivity index (χ2v) is 8.15. The van der Waals surface area contributed by atoms with Gasteiger partial charge in [0.25, 0.3) is 5.91 Å². The van der Waals surface area contributed by atoms with Crippen LogP contribution in [0.3, 0.4) is 0 Å². The molecule has 2 atom stereocenters. The molecule has 1 N–H and O–H groups in total. The minimum absolute atomic E-state index is 0.108.